The van der Waals surface area contributed by atoms with Crippen molar-refractivity contribution >= 4 is 11.3 Å². The van der Waals surface area contributed by atoms with Crippen LogP contribution in [0.4, 0.5) is 0 Å². The Balaban J connectivity index is 2.44. The van der Waals surface area contributed by atoms with Crippen molar-refractivity contribution in [3.8, 4) is 0 Å². The van der Waals surface area contributed by atoms with E-state index in [0.717, 1.165) is 12.8 Å². The highest BCUT2D eigenvalue weighted by molar-refractivity contribution is 7.07. The Hall–Kier alpha value is -0.380. The first kappa shape index (κ1) is 12.7. The van der Waals surface area contributed by atoms with Gasteiger partial charge >= 0.3 is 0 Å². The number of ether oxygens (including phenoxy) is 1. The van der Waals surface area contributed by atoms with E-state index in [0.29, 0.717) is 13.0 Å². The Labute approximate surface area is 95.9 Å². The van der Waals surface area contributed by atoms with E-state index in [2.05, 4.69) is 18.4 Å². The van der Waals surface area contributed by atoms with Crippen LogP contribution in [0.15, 0.2) is 16.8 Å². The third-order valence-electron chi connectivity index (χ3n) is 2.41. The van der Waals surface area contributed by atoms with Gasteiger partial charge in [0.2, 0.25) is 0 Å². The van der Waals surface area contributed by atoms with E-state index in [1.54, 1.807) is 11.3 Å². The van der Waals surface area contributed by atoms with Crippen LogP contribution in [0.2, 0.25) is 0 Å². The molecule has 15 heavy (non-hydrogen) atoms. The first-order chi connectivity index (χ1) is 7.27. The van der Waals surface area contributed by atoms with E-state index in [1.807, 2.05) is 12.3 Å². The molecule has 0 spiro atoms. The lowest BCUT2D eigenvalue weighted by molar-refractivity contribution is -0.0363. The first-order valence-electron chi connectivity index (χ1n) is 5.58. The van der Waals surface area contributed by atoms with Gasteiger partial charge in [-0.05, 0) is 35.7 Å². The van der Waals surface area contributed by atoms with Crippen molar-refractivity contribution in [2.75, 3.05) is 6.61 Å². The third-order valence-corrected chi connectivity index (χ3v) is 3.14. The molecule has 0 aliphatic carbocycles. The molecule has 1 aromatic heterocycles. The van der Waals surface area contributed by atoms with Crippen molar-refractivity contribution < 1.29 is 9.84 Å². The summed E-state index contributed by atoms with van der Waals surface area (Å²) in [4.78, 5) is 0. The summed E-state index contributed by atoms with van der Waals surface area (Å²) in [7, 11) is 0. The molecule has 1 N–H and O–H groups in total. The smallest absolute Gasteiger partial charge is 0.0842 e. The Bertz CT molecular complexity index is 240. The fraction of sp³-hybridized carbons (Fsp3) is 0.667. The molecule has 1 rings (SSSR count). The second-order valence-corrected chi connectivity index (χ2v) is 4.47. The summed E-state index contributed by atoms with van der Waals surface area (Å²) in [5.74, 6) is 0. The standard InChI is InChI=1S/C12H20O2S/c1-3-5-12(14-4-2)11(13)8-10-6-7-15-9-10/h6-7,9,11-13H,3-5,8H2,1-2H3. The summed E-state index contributed by atoms with van der Waals surface area (Å²) in [6.45, 7) is 4.76. The highest BCUT2D eigenvalue weighted by Crippen LogP contribution is 2.14. The highest BCUT2D eigenvalue weighted by atomic mass is 32.1. The van der Waals surface area contributed by atoms with E-state index in [-0.39, 0.29) is 12.2 Å². The number of aliphatic hydroxyl groups is 1. The van der Waals surface area contributed by atoms with Gasteiger partial charge in [0, 0.05) is 13.0 Å². The van der Waals surface area contributed by atoms with Crippen molar-refractivity contribution in [1.29, 1.82) is 0 Å². The molecule has 0 amide bonds. The molecule has 3 heteroatoms. The van der Waals surface area contributed by atoms with Crippen LogP contribution in [-0.2, 0) is 11.2 Å². The van der Waals surface area contributed by atoms with Crippen molar-refractivity contribution in [3.63, 3.8) is 0 Å². The van der Waals surface area contributed by atoms with Crippen LogP contribution in [0.1, 0.15) is 32.3 Å². The summed E-state index contributed by atoms with van der Waals surface area (Å²) in [6, 6.07) is 2.06. The second-order valence-electron chi connectivity index (χ2n) is 3.69. The molecule has 0 aliphatic rings. The normalized spacial score (nSPS) is 15.1. The van der Waals surface area contributed by atoms with Gasteiger partial charge in [-0.25, -0.2) is 0 Å². The predicted molar refractivity (Wildman–Crippen MR) is 64.4 cm³/mol. The summed E-state index contributed by atoms with van der Waals surface area (Å²) >= 11 is 1.67. The van der Waals surface area contributed by atoms with E-state index in [9.17, 15) is 5.11 Å². The fourth-order valence-electron chi connectivity index (χ4n) is 1.67. The topological polar surface area (TPSA) is 29.5 Å². The van der Waals surface area contributed by atoms with Crippen LogP contribution in [0.25, 0.3) is 0 Å². The van der Waals surface area contributed by atoms with Gasteiger partial charge in [0.15, 0.2) is 0 Å². The maximum Gasteiger partial charge on any atom is 0.0842 e. The lowest BCUT2D eigenvalue weighted by Gasteiger charge is -2.22. The van der Waals surface area contributed by atoms with Crippen molar-refractivity contribution in [2.45, 2.75) is 45.3 Å². The van der Waals surface area contributed by atoms with Crippen molar-refractivity contribution in [1.82, 2.24) is 0 Å². The molecule has 0 bridgehead atoms. The molecule has 1 heterocycles. The van der Waals surface area contributed by atoms with Gasteiger partial charge in [-0.15, -0.1) is 0 Å². The average molecular weight is 228 g/mol. The van der Waals surface area contributed by atoms with Crippen molar-refractivity contribution in [3.05, 3.63) is 22.4 Å². The lowest BCUT2D eigenvalue weighted by atomic mass is 10.0. The Morgan fingerprint density at radius 2 is 2.27 bits per heavy atom. The number of aliphatic hydroxyl groups excluding tert-OH is 1. The zero-order chi connectivity index (χ0) is 11.1. The Morgan fingerprint density at radius 1 is 1.47 bits per heavy atom. The van der Waals surface area contributed by atoms with Crippen LogP contribution in [0.3, 0.4) is 0 Å². The quantitative estimate of drug-likeness (QED) is 0.777. The van der Waals surface area contributed by atoms with Crippen molar-refractivity contribution in [2.24, 2.45) is 0 Å². The maximum absolute atomic E-state index is 10.0. The maximum atomic E-state index is 10.0. The molecular weight excluding hydrogens is 208 g/mol. The molecule has 0 fully saturated rings. The molecule has 0 aliphatic heterocycles. The Morgan fingerprint density at radius 3 is 2.80 bits per heavy atom. The van der Waals surface area contributed by atoms with Gasteiger partial charge in [-0.2, -0.15) is 11.3 Å². The summed E-state index contributed by atoms with van der Waals surface area (Å²) in [5.41, 5.74) is 1.20. The largest absolute Gasteiger partial charge is 0.390 e. The summed E-state index contributed by atoms with van der Waals surface area (Å²) in [5, 5.41) is 14.1. The van der Waals surface area contributed by atoms with Gasteiger partial charge in [0.25, 0.3) is 0 Å². The molecule has 0 radical (unpaired) electrons. The number of rotatable bonds is 7. The number of hydrogen-bond acceptors (Lipinski definition) is 3. The molecular formula is C12H20O2S. The van der Waals surface area contributed by atoms with Gasteiger partial charge < -0.3 is 9.84 Å². The van der Waals surface area contributed by atoms with Crippen LogP contribution in [0.5, 0.6) is 0 Å². The highest BCUT2D eigenvalue weighted by Gasteiger charge is 2.18. The second kappa shape index (κ2) is 6.99. The summed E-state index contributed by atoms with van der Waals surface area (Å²) < 4.78 is 5.55. The molecule has 0 saturated carbocycles. The van der Waals surface area contributed by atoms with E-state index < -0.39 is 0 Å². The molecule has 2 nitrogen and oxygen atoms in total. The number of hydrogen-bond donors (Lipinski definition) is 1. The molecule has 1 aromatic rings. The molecule has 86 valence electrons. The molecule has 2 unspecified atom stereocenters. The van der Waals surface area contributed by atoms with Crippen LogP contribution < -0.4 is 0 Å². The minimum absolute atomic E-state index is 0.0140. The first-order valence-corrected chi connectivity index (χ1v) is 6.53. The van der Waals surface area contributed by atoms with Crippen LogP contribution in [-0.4, -0.2) is 23.9 Å². The van der Waals surface area contributed by atoms with Gasteiger partial charge in [0.1, 0.15) is 0 Å². The monoisotopic (exact) mass is 228 g/mol. The summed E-state index contributed by atoms with van der Waals surface area (Å²) in [6.07, 6.45) is 2.29. The zero-order valence-corrected chi connectivity index (χ0v) is 10.3. The lowest BCUT2D eigenvalue weighted by Crippen LogP contribution is -2.30. The molecule has 0 saturated heterocycles. The van der Waals surface area contributed by atoms with E-state index in [1.165, 1.54) is 5.56 Å². The van der Waals surface area contributed by atoms with E-state index in [4.69, 9.17) is 4.74 Å². The zero-order valence-electron chi connectivity index (χ0n) is 9.48. The molecule has 2 atom stereocenters. The van der Waals surface area contributed by atoms with Crippen LogP contribution in [0, 0.1) is 0 Å². The van der Waals surface area contributed by atoms with Crippen LogP contribution >= 0.6 is 11.3 Å². The fourth-order valence-corrected chi connectivity index (χ4v) is 2.35. The van der Waals surface area contributed by atoms with Gasteiger partial charge in [-0.3, -0.25) is 0 Å². The van der Waals surface area contributed by atoms with Gasteiger partial charge in [0.05, 0.1) is 12.2 Å². The van der Waals surface area contributed by atoms with E-state index >= 15 is 0 Å². The minimum atomic E-state index is -0.375. The Kier molecular flexibility index (Phi) is 5.91. The third kappa shape index (κ3) is 4.33. The minimum Gasteiger partial charge on any atom is -0.390 e. The predicted octanol–water partition coefficient (Wildman–Crippen LogP) is 2.86. The average Bonchev–Trinajstić information content (AvgIpc) is 2.70. The number of thiophene rings is 1. The SMILES string of the molecule is CCCC(OCC)C(O)Cc1ccsc1. The van der Waals surface area contributed by atoms with Gasteiger partial charge in [-0.1, -0.05) is 13.3 Å². The molecule has 0 aromatic carbocycles.